The van der Waals surface area contributed by atoms with Gasteiger partial charge in [0.2, 0.25) is 0 Å². The highest BCUT2D eigenvalue weighted by atomic mass is 19.2. The van der Waals surface area contributed by atoms with Gasteiger partial charge in [-0.3, -0.25) is 0 Å². The van der Waals surface area contributed by atoms with Crippen molar-refractivity contribution in [2.75, 3.05) is 11.9 Å². The van der Waals surface area contributed by atoms with Crippen LogP contribution in [0.3, 0.4) is 0 Å². The highest BCUT2D eigenvalue weighted by molar-refractivity contribution is 5.88. The Morgan fingerprint density at radius 1 is 1.43 bits per heavy atom. The number of hydrogen-bond acceptors (Lipinski definition) is 2. The molecule has 1 aromatic carbocycles. The fourth-order valence-electron chi connectivity index (χ4n) is 1.04. The molecule has 2 N–H and O–H groups in total. The van der Waals surface area contributed by atoms with Gasteiger partial charge in [-0.2, -0.15) is 0 Å². The largest absolute Gasteiger partial charge is 0.478 e. The van der Waals surface area contributed by atoms with E-state index >= 15 is 0 Å². The first-order valence-electron chi connectivity index (χ1n) is 4.03. The van der Waals surface area contributed by atoms with Crippen LogP contribution in [0.2, 0.25) is 0 Å². The molecule has 0 aromatic heterocycles. The Kier molecular flexibility index (Phi) is 3.01. The first-order chi connectivity index (χ1) is 6.57. The Morgan fingerprint density at radius 3 is 2.57 bits per heavy atom. The number of benzene rings is 1. The number of aromatic carboxylic acids is 1. The average molecular weight is 201 g/mol. The summed E-state index contributed by atoms with van der Waals surface area (Å²) in [4.78, 5) is 10.4. The van der Waals surface area contributed by atoms with Gasteiger partial charge in [-0.1, -0.05) is 0 Å². The first kappa shape index (κ1) is 10.4. The highest BCUT2D eigenvalue weighted by Crippen LogP contribution is 2.20. The van der Waals surface area contributed by atoms with E-state index in [-0.39, 0.29) is 5.69 Å². The third-order valence-corrected chi connectivity index (χ3v) is 1.68. The molecule has 0 atom stereocenters. The summed E-state index contributed by atoms with van der Waals surface area (Å²) in [5.41, 5.74) is -0.695. The molecule has 14 heavy (non-hydrogen) atoms. The third kappa shape index (κ3) is 1.81. The Bertz CT molecular complexity index is 366. The Hall–Kier alpha value is -1.65. The van der Waals surface area contributed by atoms with Gasteiger partial charge < -0.3 is 10.4 Å². The van der Waals surface area contributed by atoms with Crippen LogP contribution >= 0.6 is 0 Å². The van der Waals surface area contributed by atoms with E-state index < -0.39 is 23.2 Å². The van der Waals surface area contributed by atoms with Crippen molar-refractivity contribution < 1.29 is 18.7 Å². The van der Waals surface area contributed by atoms with Crippen LogP contribution in [-0.2, 0) is 0 Å². The van der Waals surface area contributed by atoms with Gasteiger partial charge in [0.25, 0.3) is 0 Å². The van der Waals surface area contributed by atoms with Gasteiger partial charge >= 0.3 is 5.97 Å². The zero-order chi connectivity index (χ0) is 10.7. The molecule has 0 unspecified atom stereocenters. The van der Waals surface area contributed by atoms with Crippen LogP contribution in [0.15, 0.2) is 12.1 Å². The fourth-order valence-corrected chi connectivity index (χ4v) is 1.04. The Morgan fingerprint density at radius 2 is 2.07 bits per heavy atom. The molecular weight excluding hydrogens is 192 g/mol. The number of carboxylic acid groups (broad SMARTS) is 1. The minimum absolute atomic E-state index is 0.0324. The van der Waals surface area contributed by atoms with E-state index in [1.165, 1.54) is 6.07 Å². The highest BCUT2D eigenvalue weighted by Gasteiger charge is 2.17. The maximum absolute atomic E-state index is 13.1. The van der Waals surface area contributed by atoms with Gasteiger partial charge in [0.15, 0.2) is 11.6 Å². The van der Waals surface area contributed by atoms with E-state index in [0.717, 1.165) is 6.07 Å². The number of carbonyl (C=O) groups is 1. The summed E-state index contributed by atoms with van der Waals surface area (Å²) in [5.74, 6) is -3.98. The first-order valence-corrected chi connectivity index (χ1v) is 4.03. The molecule has 0 saturated heterocycles. The second kappa shape index (κ2) is 4.04. The summed E-state index contributed by atoms with van der Waals surface area (Å²) in [6, 6.07) is 2.23. The molecule has 0 aliphatic carbocycles. The molecule has 0 aliphatic heterocycles. The minimum Gasteiger partial charge on any atom is -0.478 e. The van der Waals surface area contributed by atoms with E-state index in [1.807, 2.05) is 0 Å². The van der Waals surface area contributed by atoms with E-state index in [4.69, 9.17) is 5.11 Å². The summed E-state index contributed by atoms with van der Waals surface area (Å²) >= 11 is 0. The number of nitrogens with one attached hydrogen (secondary N) is 1. The van der Waals surface area contributed by atoms with Crippen molar-refractivity contribution in [1.82, 2.24) is 0 Å². The van der Waals surface area contributed by atoms with Gasteiger partial charge in [-0.05, 0) is 19.1 Å². The molecule has 3 nitrogen and oxygen atoms in total. The third-order valence-electron chi connectivity index (χ3n) is 1.68. The lowest BCUT2D eigenvalue weighted by molar-refractivity contribution is 0.0690. The number of halogens is 2. The molecule has 76 valence electrons. The summed E-state index contributed by atoms with van der Waals surface area (Å²) < 4.78 is 26.1. The summed E-state index contributed by atoms with van der Waals surface area (Å²) in [5, 5.41) is 11.1. The molecule has 1 rings (SSSR count). The van der Waals surface area contributed by atoms with Crippen LogP contribution in [0.25, 0.3) is 0 Å². The van der Waals surface area contributed by atoms with Gasteiger partial charge in [0.1, 0.15) is 0 Å². The molecule has 0 saturated carbocycles. The maximum atomic E-state index is 13.1. The average Bonchev–Trinajstić information content (AvgIpc) is 2.13. The van der Waals surface area contributed by atoms with E-state index in [0.29, 0.717) is 6.54 Å². The normalized spacial score (nSPS) is 9.93. The monoisotopic (exact) mass is 201 g/mol. The van der Waals surface area contributed by atoms with Crippen LogP contribution in [0, 0.1) is 11.6 Å². The summed E-state index contributed by atoms with van der Waals surface area (Å²) in [6.45, 7) is 2.16. The standard InChI is InChI=1S/C9H9F2NO2/c1-2-12-6-4-3-5(9(13)14)7(10)8(6)11/h3-4,12H,2H2,1H3,(H,13,14). The van der Waals surface area contributed by atoms with Crippen molar-refractivity contribution in [2.24, 2.45) is 0 Å². The molecule has 5 heteroatoms. The maximum Gasteiger partial charge on any atom is 0.338 e. The number of rotatable bonds is 3. The van der Waals surface area contributed by atoms with Gasteiger partial charge in [0.05, 0.1) is 11.3 Å². The quantitative estimate of drug-likeness (QED) is 0.787. The molecule has 0 heterocycles. The van der Waals surface area contributed by atoms with Crippen molar-refractivity contribution in [3.8, 4) is 0 Å². The van der Waals surface area contributed by atoms with Crippen molar-refractivity contribution >= 4 is 11.7 Å². The lowest BCUT2D eigenvalue weighted by Crippen LogP contribution is -2.06. The lowest BCUT2D eigenvalue weighted by Gasteiger charge is -2.06. The van der Waals surface area contributed by atoms with Crippen LogP contribution in [0.4, 0.5) is 14.5 Å². The molecule has 0 radical (unpaired) electrons. The van der Waals surface area contributed by atoms with Gasteiger partial charge in [-0.25, -0.2) is 13.6 Å². The van der Waals surface area contributed by atoms with Crippen LogP contribution in [-0.4, -0.2) is 17.6 Å². The van der Waals surface area contributed by atoms with E-state index in [1.54, 1.807) is 6.92 Å². The SMILES string of the molecule is CCNc1ccc(C(=O)O)c(F)c1F. The Labute approximate surface area is 79.4 Å². The molecule has 0 fully saturated rings. The second-order valence-corrected chi connectivity index (χ2v) is 2.62. The molecular formula is C9H9F2NO2. The van der Waals surface area contributed by atoms with Crippen molar-refractivity contribution in [2.45, 2.75) is 6.92 Å². The van der Waals surface area contributed by atoms with Crippen molar-refractivity contribution in [3.05, 3.63) is 29.3 Å². The summed E-state index contributed by atoms with van der Waals surface area (Å²) in [6.07, 6.45) is 0. The molecule has 0 spiro atoms. The second-order valence-electron chi connectivity index (χ2n) is 2.62. The van der Waals surface area contributed by atoms with Gasteiger partial charge in [0, 0.05) is 6.54 Å². The van der Waals surface area contributed by atoms with Crippen LogP contribution in [0.5, 0.6) is 0 Å². The van der Waals surface area contributed by atoms with Crippen LogP contribution in [0.1, 0.15) is 17.3 Å². The molecule has 0 bridgehead atoms. The smallest absolute Gasteiger partial charge is 0.338 e. The topological polar surface area (TPSA) is 49.3 Å². The molecule has 0 amide bonds. The van der Waals surface area contributed by atoms with E-state index in [9.17, 15) is 13.6 Å². The predicted molar refractivity (Wildman–Crippen MR) is 47.5 cm³/mol. The number of anilines is 1. The molecule has 1 aromatic rings. The van der Waals surface area contributed by atoms with Crippen molar-refractivity contribution in [3.63, 3.8) is 0 Å². The van der Waals surface area contributed by atoms with Gasteiger partial charge in [-0.15, -0.1) is 0 Å². The fraction of sp³-hybridized carbons (Fsp3) is 0.222. The molecule has 0 aliphatic rings. The zero-order valence-corrected chi connectivity index (χ0v) is 7.47. The lowest BCUT2D eigenvalue weighted by atomic mass is 10.2. The number of carboxylic acids is 1. The summed E-state index contributed by atoms with van der Waals surface area (Å²) in [7, 11) is 0. The predicted octanol–water partition coefficient (Wildman–Crippen LogP) is 2.09. The van der Waals surface area contributed by atoms with E-state index in [2.05, 4.69) is 5.32 Å². The Balaban J connectivity index is 3.19. The van der Waals surface area contributed by atoms with Crippen molar-refractivity contribution in [1.29, 1.82) is 0 Å². The minimum atomic E-state index is -1.48. The van der Waals surface area contributed by atoms with Crippen LogP contribution < -0.4 is 5.32 Å². The zero-order valence-electron chi connectivity index (χ0n) is 7.47. The number of hydrogen-bond donors (Lipinski definition) is 2.